The van der Waals surface area contributed by atoms with Crippen LogP contribution in [0.2, 0.25) is 0 Å². The van der Waals surface area contributed by atoms with E-state index in [1.54, 1.807) is 0 Å². The summed E-state index contributed by atoms with van der Waals surface area (Å²) in [6.45, 7) is 1.36. The number of urea groups is 1. The Kier molecular flexibility index (Phi) is 5.03. The molecular weight excluding hydrogens is 288 g/mol. The van der Waals surface area contributed by atoms with Crippen LogP contribution in [0.1, 0.15) is 55.9 Å². The van der Waals surface area contributed by atoms with Crippen LogP contribution in [0.4, 0.5) is 9.93 Å². The van der Waals surface area contributed by atoms with E-state index in [4.69, 9.17) is 4.74 Å². The van der Waals surface area contributed by atoms with E-state index in [0.717, 1.165) is 24.5 Å². The standard InChI is InChI=1S/C14H22N4O2S/c19-13(15-9-11-7-4-8-20-11)16-14-18-17-12(21-14)10-5-2-1-3-6-10/h10-11H,1-9H2,(H2,15,16,18,19)/t11-/m0/s1. The third-order valence-electron chi connectivity index (χ3n) is 4.13. The van der Waals surface area contributed by atoms with Crippen LogP contribution in [-0.2, 0) is 4.74 Å². The van der Waals surface area contributed by atoms with Gasteiger partial charge in [0.25, 0.3) is 0 Å². The Hall–Kier alpha value is -1.21. The highest BCUT2D eigenvalue weighted by molar-refractivity contribution is 7.15. The minimum atomic E-state index is -0.225. The molecule has 2 amide bonds. The molecule has 6 nitrogen and oxygen atoms in total. The van der Waals surface area contributed by atoms with Crippen LogP contribution in [0.5, 0.6) is 0 Å². The second-order valence-electron chi connectivity index (χ2n) is 5.75. The highest BCUT2D eigenvalue weighted by Gasteiger charge is 2.20. The largest absolute Gasteiger partial charge is 0.376 e. The van der Waals surface area contributed by atoms with E-state index >= 15 is 0 Å². The molecule has 1 saturated carbocycles. The van der Waals surface area contributed by atoms with Crippen molar-refractivity contribution in [1.82, 2.24) is 15.5 Å². The summed E-state index contributed by atoms with van der Waals surface area (Å²) in [6.07, 6.45) is 8.51. The fourth-order valence-corrected chi connectivity index (χ4v) is 3.86. The van der Waals surface area contributed by atoms with E-state index in [1.165, 1.54) is 43.4 Å². The zero-order chi connectivity index (χ0) is 14.5. The van der Waals surface area contributed by atoms with E-state index < -0.39 is 0 Å². The quantitative estimate of drug-likeness (QED) is 0.896. The summed E-state index contributed by atoms with van der Waals surface area (Å²) in [6, 6.07) is -0.225. The number of carbonyl (C=O) groups is 1. The van der Waals surface area contributed by atoms with Crippen molar-refractivity contribution in [2.45, 2.75) is 57.0 Å². The van der Waals surface area contributed by atoms with Gasteiger partial charge in [-0.2, -0.15) is 0 Å². The van der Waals surface area contributed by atoms with Gasteiger partial charge in [0.15, 0.2) is 0 Å². The van der Waals surface area contributed by atoms with E-state index in [2.05, 4.69) is 20.8 Å². The van der Waals surface area contributed by atoms with Crippen molar-refractivity contribution < 1.29 is 9.53 Å². The minimum Gasteiger partial charge on any atom is -0.376 e. The van der Waals surface area contributed by atoms with Gasteiger partial charge in [0.05, 0.1) is 6.10 Å². The third kappa shape index (κ3) is 4.14. The van der Waals surface area contributed by atoms with Gasteiger partial charge in [-0.05, 0) is 25.7 Å². The smallest absolute Gasteiger partial charge is 0.321 e. The Balaban J connectivity index is 1.45. The number of amides is 2. The fraction of sp³-hybridized carbons (Fsp3) is 0.786. The number of rotatable bonds is 4. The third-order valence-corrected chi connectivity index (χ3v) is 5.13. The summed E-state index contributed by atoms with van der Waals surface area (Å²) in [5, 5.41) is 15.5. The molecule has 7 heteroatoms. The van der Waals surface area contributed by atoms with Gasteiger partial charge < -0.3 is 10.1 Å². The molecule has 0 spiro atoms. The Morgan fingerprint density at radius 2 is 2.05 bits per heavy atom. The molecule has 0 bridgehead atoms. The Bertz CT molecular complexity index is 467. The van der Waals surface area contributed by atoms with Gasteiger partial charge in [-0.25, -0.2) is 4.79 Å². The maximum absolute atomic E-state index is 11.8. The molecule has 0 radical (unpaired) electrons. The summed E-state index contributed by atoms with van der Waals surface area (Å²) < 4.78 is 5.47. The van der Waals surface area contributed by atoms with Crippen molar-refractivity contribution in [1.29, 1.82) is 0 Å². The van der Waals surface area contributed by atoms with Crippen molar-refractivity contribution in [3.8, 4) is 0 Å². The summed E-state index contributed by atoms with van der Waals surface area (Å²) in [4.78, 5) is 11.8. The highest BCUT2D eigenvalue weighted by atomic mass is 32.1. The lowest BCUT2D eigenvalue weighted by molar-refractivity contribution is 0.112. The first kappa shape index (κ1) is 14.7. The lowest BCUT2D eigenvalue weighted by atomic mass is 9.90. The molecule has 1 aromatic rings. The molecule has 0 aromatic carbocycles. The molecule has 2 heterocycles. The fourth-order valence-electron chi connectivity index (χ4n) is 2.95. The molecule has 1 atom stereocenters. The topological polar surface area (TPSA) is 76.1 Å². The average Bonchev–Trinajstić information content (AvgIpc) is 3.17. The SMILES string of the molecule is O=C(NC[C@@H]1CCCO1)Nc1nnc(C2CCCCC2)s1. The van der Waals surface area contributed by atoms with Gasteiger partial charge in [0.2, 0.25) is 5.13 Å². The van der Waals surface area contributed by atoms with E-state index in [1.807, 2.05) is 0 Å². The molecule has 1 aliphatic carbocycles. The van der Waals surface area contributed by atoms with Crippen LogP contribution in [0.25, 0.3) is 0 Å². The van der Waals surface area contributed by atoms with Crippen LogP contribution in [0.3, 0.4) is 0 Å². The van der Waals surface area contributed by atoms with Crippen molar-refractivity contribution in [3.63, 3.8) is 0 Å². The van der Waals surface area contributed by atoms with Gasteiger partial charge in [0.1, 0.15) is 5.01 Å². The first-order chi connectivity index (χ1) is 10.3. The second kappa shape index (κ2) is 7.17. The lowest BCUT2D eigenvalue weighted by Crippen LogP contribution is -2.34. The zero-order valence-corrected chi connectivity index (χ0v) is 13.0. The molecule has 21 heavy (non-hydrogen) atoms. The summed E-state index contributed by atoms with van der Waals surface area (Å²) in [7, 11) is 0. The molecule has 1 aromatic heterocycles. The van der Waals surface area contributed by atoms with E-state index in [-0.39, 0.29) is 12.1 Å². The molecule has 2 N–H and O–H groups in total. The van der Waals surface area contributed by atoms with Crippen molar-refractivity contribution in [3.05, 3.63) is 5.01 Å². The summed E-state index contributed by atoms with van der Waals surface area (Å²) >= 11 is 1.50. The average molecular weight is 310 g/mol. The number of carbonyl (C=O) groups excluding carboxylic acids is 1. The van der Waals surface area contributed by atoms with Gasteiger partial charge in [0, 0.05) is 19.1 Å². The molecule has 3 rings (SSSR count). The predicted octanol–water partition coefficient (Wildman–Crippen LogP) is 2.89. The number of aromatic nitrogens is 2. The predicted molar refractivity (Wildman–Crippen MR) is 81.7 cm³/mol. The normalized spacial score (nSPS) is 23.1. The maximum atomic E-state index is 11.8. The molecule has 116 valence electrons. The zero-order valence-electron chi connectivity index (χ0n) is 12.1. The van der Waals surface area contributed by atoms with Crippen molar-refractivity contribution in [2.75, 3.05) is 18.5 Å². The Labute approximate surface area is 128 Å². The highest BCUT2D eigenvalue weighted by Crippen LogP contribution is 2.35. The number of nitrogens with one attached hydrogen (secondary N) is 2. The number of hydrogen-bond donors (Lipinski definition) is 2. The Morgan fingerprint density at radius 3 is 2.81 bits per heavy atom. The van der Waals surface area contributed by atoms with Gasteiger partial charge in [-0.1, -0.05) is 30.6 Å². The molecule has 0 unspecified atom stereocenters. The molecule has 1 saturated heterocycles. The van der Waals surface area contributed by atoms with Crippen LogP contribution in [0, 0.1) is 0 Å². The summed E-state index contributed by atoms with van der Waals surface area (Å²) in [5.41, 5.74) is 0. The van der Waals surface area contributed by atoms with Gasteiger partial charge >= 0.3 is 6.03 Å². The molecular formula is C14H22N4O2S. The molecule has 2 aliphatic rings. The molecule has 1 aliphatic heterocycles. The number of nitrogens with zero attached hydrogens (tertiary/aromatic N) is 2. The van der Waals surface area contributed by atoms with Crippen LogP contribution in [0.15, 0.2) is 0 Å². The van der Waals surface area contributed by atoms with E-state index in [9.17, 15) is 4.79 Å². The minimum absolute atomic E-state index is 0.156. The van der Waals surface area contributed by atoms with Crippen LogP contribution in [-0.4, -0.2) is 35.5 Å². The lowest BCUT2D eigenvalue weighted by Gasteiger charge is -2.18. The second-order valence-corrected chi connectivity index (χ2v) is 6.76. The van der Waals surface area contributed by atoms with Crippen LogP contribution >= 0.6 is 11.3 Å². The number of hydrogen-bond acceptors (Lipinski definition) is 5. The monoisotopic (exact) mass is 310 g/mol. The van der Waals surface area contributed by atoms with Crippen molar-refractivity contribution >= 4 is 22.5 Å². The number of anilines is 1. The maximum Gasteiger partial charge on any atom is 0.321 e. The van der Waals surface area contributed by atoms with E-state index in [0.29, 0.717) is 17.6 Å². The molecule has 2 fully saturated rings. The van der Waals surface area contributed by atoms with Gasteiger partial charge in [-0.15, -0.1) is 10.2 Å². The summed E-state index contributed by atoms with van der Waals surface area (Å²) in [5.74, 6) is 0.529. The Morgan fingerprint density at radius 1 is 1.19 bits per heavy atom. The van der Waals surface area contributed by atoms with Crippen molar-refractivity contribution in [2.24, 2.45) is 0 Å². The van der Waals surface area contributed by atoms with Gasteiger partial charge in [-0.3, -0.25) is 5.32 Å². The first-order valence-corrected chi connectivity index (χ1v) is 8.63. The van der Waals surface area contributed by atoms with Crippen LogP contribution < -0.4 is 10.6 Å². The number of ether oxygens (including phenoxy) is 1. The first-order valence-electron chi connectivity index (χ1n) is 7.81.